The van der Waals surface area contributed by atoms with Gasteiger partial charge in [0.1, 0.15) is 0 Å². The Morgan fingerprint density at radius 2 is 2.00 bits per heavy atom. The molecule has 0 amide bonds. The summed E-state index contributed by atoms with van der Waals surface area (Å²) >= 11 is 0. The molecule has 0 spiro atoms. The molecule has 3 nitrogen and oxygen atoms in total. The van der Waals surface area contributed by atoms with Gasteiger partial charge in [-0.05, 0) is 17.9 Å². The topological polar surface area (TPSA) is 52.0 Å². The summed E-state index contributed by atoms with van der Waals surface area (Å²) in [6.07, 6.45) is 1.15. The van der Waals surface area contributed by atoms with Crippen LogP contribution < -0.4 is 5.73 Å². The zero-order chi connectivity index (χ0) is 12.3. The van der Waals surface area contributed by atoms with Gasteiger partial charge < -0.3 is 10.3 Å². The second-order valence-electron chi connectivity index (χ2n) is 4.32. The third-order valence-electron chi connectivity index (χ3n) is 3.14. The lowest BCUT2D eigenvalue weighted by atomic mass is 9.97. The van der Waals surface area contributed by atoms with Crippen LogP contribution in [0, 0.1) is 0 Å². The van der Waals surface area contributed by atoms with Crippen LogP contribution in [0.25, 0.3) is 11.3 Å². The number of hydrogen-bond donors (Lipinski definition) is 1. The predicted octanol–water partition coefficient (Wildman–Crippen LogP) is 3.31. The van der Waals surface area contributed by atoms with Gasteiger partial charge in [-0.1, -0.05) is 43.3 Å². The Labute approximate surface area is 102 Å². The summed E-state index contributed by atoms with van der Waals surface area (Å²) in [5, 5.41) is 3.88. The molecule has 0 bridgehead atoms. The standard InChI is InChI=1S/C14H18N2O/c1-3-10(2)11-4-6-12(7-5-11)14-8-13(9-15)16-17-14/h4-8,10H,3,9,15H2,1-2H3. The van der Waals surface area contributed by atoms with E-state index in [1.54, 1.807) is 0 Å². The molecule has 17 heavy (non-hydrogen) atoms. The molecule has 0 aliphatic carbocycles. The molecule has 0 radical (unpaired) electrons. The first-order valence-corrected chi connectivity index (χ1v) is 6.00. The molecule has 1 heterocycles. The Hall–Kier alpha value is -1.61. The van der Waals surface area contributed by atoms with Crippen LogP contribution in [0.1, 0.15) is 37.4 Å². The number of aromatic nitrogens is 1. The lowest BCUT2D eigenvalue weighted by molar-refractivity contribution is 0.424. The van der Waals surface area contributed by atoms with Crippen LogP contribution in [0.5, 0.6) is 0 Å². The first kappa shape index (κ1) is 11.9. The Morgan fingerprint density at radius 1 is 1.29 bits per heavy atom. The quantitative estimate of drug-likeness (QED) is 0.876. The summed E-state index contributed by atoms with van der Waals surface area (Å²) in [6, 6.07) is 10.3. The van der Waals surface area contributed by atoms with Crippen molar-refractivity contribution >= 4 is 0 Å². The monoisotopic (exact) mass is 230 g/mol. The van der Waals surface area contributed by atoms with Crippen molar-refractivity contribution in [1.29, 1.82) is 0 Å². The molecule has 2 rings (SSSR count). The van der Waals surface area contributed by atoms with E-state index >= 15 is 0 Å². The molecule has 2 N–H and O–H groups in total. The van der Waals surface area contributed by atoms with Gasteiger partial charge in [-0.2, -0.15) is 0 Å². The normalized spacial score (nSPS) is 12.6. The number of rotatable bonds is 4. The fourth-order valence-electron chi connectivity index (χ4n) is 1.76. The summed E-state index contributed by atoms with van der Waals surface area (Å²) in [4.78, 5) is 0. The minimum absolute atomic E-state index is 0.411. The molecule has 0 aliphatic heterocycles. The van der Waals surface area contributed by atoms with Gasteiger partial charge in [0, 0.05) is 18.2 Å². The van der Waals surface area contributed by atoms with Gasteiger partial charge in [0.2, 0.25) is 0 Å². The van der Waals surface area contributed by atoms with Gasteiger partial charge in [0.25, 0.3) is 0 Å². The smallest absolute Gasteiger partial charge is 0.167 e. The molecular formula is C14H18N2O. The van der Waals surface area contributed by atoms with E-state index in [-0.39, 0.29) is 0 Å². The van der Waals surface area contributed by atoms with Crippen LogP contribution in [0.4, 0.5) is 0 Å². The van der Waals surface area contributed by atoms with E-state index in [0.29, 0.717) is 12.5 Å². The van der Waals surface area contributed by atoms with Crippen molar-refractivity contribution in [3.05, 3.63) is 41.6 Å². The number of nitrogens with two attached hydrogens (primary N) is 1. The van der Waals surface area contributed by atoms with E-state index in [4.69, 9.17) is 10.3 Å². The Morgan fingerprint density at radius 3 is 2.53 bits per heavy atom. The summed E-state index contributed by atoms with van der Waals surface area (Å²) in [5.41, 5.74) is 8.69. The molecule has 2 aromatic rings. The highest BCUT2D eigenvalue weighted by molar-refractivity contribution is 5.57. The van der Waals surface area contributed by atoms with E-state index in [1.165, 1.54) is 5.56 Å². The predicted molar refractivity (Wildman–Crippen MR) is 68.5 cm³/mol. The zero-order valence-corrected chi connectivity index (χ0v) is 10.3. The van der Waals surface area contributed by atoms with Crippen LogP contribution in [0.15, 0.2) is 34.9 Å². The minimum atomic E-state index is 0.411. The molecule has 90 valence electrons. The van der Waals surface area contributed by atoms with Gasteiger partial charge in [-0.25, -0.2) is 0 Å². The van der Waals surface area contributed by atoms with Gasteiger partial charge in [0.15, 0.2) is 5.76 Å². The highest BCUT2D eigenvalue weighted by Crippen LogP contribution is 2.24. The summed E-state index contributed by atoms with van der Waals surface area (Å²) in [6.45, 7) is 4.84. The Bertz CT molecular complexity index is 473. The first-order chi connectivity index (χ1) is 8.24. The van der Waals surface area contributed by atoms with Crippen LogP contribution in [-0.4, -0.2) is 5.16 Å². The molecule has 1 aromatic heterocycles. The van der Waals surface area contributed by atoms with Crippen LogP contribution in [-0.2, 0) is 6.54 Å². The maximum absolute atomic E-state index is 5.50. The summed E-state index contributed by atoms with van der Waals surface area (Å²) in [7, 11) is 0. The highest BCUT2D eigenvalue weighted by atomic mass is 16.5. The molecule has 1 atom stereocenters. The maximum Gasteiger partial charge on any atom is 0.167 e. The molecule has 0 saturated carbocycles. The van der Waals surface area contributed by atoms with E-state index in [1.807, 2.05) is 6.07 Å². The van der Waals surface area contributed by atoms with Crippen molar-refractivity contribution in [2.24, 2.45) is 5.73 Å². The van der Waals surface area contributed by atoms with E-state index in [9.17, 15) is 0 Å². The molecule has 1 unspecified atom stereocenters. The second kappa shape index (κ2) is 5.15. The lowest BCUT2D eigenvalue weighted by Gasteiger charge is -2.08. The van der Waals surface area contributed by atoms with E-state index in [2.05, 4.69) is 43.3 Å². The second-order valence-corrected chi connectivity index (χ2v) is 4.32. The Balaban J connectivity index is 2.22. The van der Waals surface area contributed by atoms with Crippen LogP contribution in [0.3, 0.4) is 0 Å². The van der Waals surface area contributed by atoms with Gasteiger partial charge in [-0.3, -0.25) is 0 Å². The minimum Gasteiger partial charge on any atom is -0.356 e. The third-order valence-corrected chi connectivity index (χ3v) is 3.14. The van der Waals surface area contributed by atoms with Gasteiger partial charge in [-0.15, -0.1) is 0 Å². The highest BCUT2D eigenvalue weighted by Gasteiger charge is 2.07. The average molecular weight is 230 g/mol. The fraction of sp³-hybridized carbons (Fsp3) is 0.357. The largest absolute Gasteiger partial charge is 0.356 e. The van der Waals surface area contributed by atoms with Crippen molar-refractivity contribution < 1.29 is 4.52 Å². The van der Waals surface area contributed by atoms with Gasteiger partial charge >= 0.3 is 0 Å². The number of hydrogen-bond acceptors (Lipinski definition) is 3. The first-order valence-electron chi connectivity index (χ1n) is 6.00. The SMILES string of the molecule is CCC(C)c1ccc(-c2cc(CN)no2)cc1. The molecular weight excluding hydrogens is 212 g/mol. The van der Waals surface area contributed by atoms with E-state index in [0.717, 1.165) is 23.4 Å². The maximum atomic E-state index is 5.50. The number of nitrogens with zero attached hydrogens (tertiary/aromatic N) is 1. The van der Waals surface area contributed by atoms with Crippen molar-refractivity contribution in [2.75, 3.05) is 0 Å². The van der Waals surface area contributed by atoms with Crippen molar-refractivity contribution in [1.82, 2.24) is 5.16 Å². The number of benzene rings is 1. The molecule has 3 heteroatoms. The van der Waals surface area contributed by atoms with Crippen LogP contribution >= 0.6 is 0 Å². The molecule has 1 aromatic carbocycles. The molecule has 0 fully saturated rings. The van der Waals surface area contributed by atoms with Crippen molar-refractivity contribution in [2.45, 2.75) is 32.7 Å². The van der Waals surface area contributed by atoms with Crippen molar-refractivity contribution in [3.8, 4) is 11.3 Å². The van der Waals surface area contributed by atoms with Gasteiger partial charge in [0.05, 0.1) is 5.69 Å². The molecule has 0 saturated heterocycles. The fourth-order valence-corrected chi connectivity index (χ4v) is 1.76. The lowest BCUT2D eigenvalue weighted by Crippen LogP contribution is -1.94. The van der Waals surface area contributed by atoms with Crippen molar-refractivity contribution in [3.63, 3.8) is 0 Å². The Kier molecular flexibility index (Phi) is 3.59. The van der Waals surface area contributed by atoms with E-state index < -0.39 is 0 Å². The summed E-state index contributed by atoms with van der Waals surface area (Å²) in [5.74, 6) is 1.37. The van der Waals surface area contributed by atoms with Crippen LogP contribution in [0.2, 0.25) is 0 Å². The zero-order valence-electron chi connectivity index (χ0n) is 10.3. The third kappa shape index (κ3) is 2.56. The summed E-state index contributed by atoms with van der Waals surface area (Å²) < 4.78 is 5.24. The molecule has 0 aliphatic rings. The average Bonchev–Trinajstić information content (AvgIpc) is 2.87.